The molecule has 2 aliphatic carbocycles. The van der Waals surface area contributed by atoms with Crippen LogP contribution in [0.1, 0.15) is 52.4 Å². The third-order valence-corrected chi connectivity index (χ3v) is 6.79. The number of rotatable bonds is 7. The standard InChI is InChI=1S/C20H32O5/c1-14-10-19(2)11-16(18(24)25)4-3-5-17(19)20(14,13-23)8-6-15(12-22)7-9-21/h4,7,14,17,21-23H,3,5-6,8-13H2,1-2H3,(H,24,25)/b15-7-/t14-,17+,19-,20-/m0/s1. The van der Waals surface area contributed by atoms with Gasteiger partial charge in [-0.25, -0.2) is 4.79 Å². The average Bonchev–Trinajstić information content (AvgIpc) is 2.68. The second-order valence-corrected chi connectivity index (χ2v) is 8.19. The summed E-state index contributed by atoms with van der Waals surface area (Å²) in [5, 5.41) is 38.3. The Balaban J connectivity index is 2.27. The van der Waals surface area contributed by atoms with Crippen LogP contribution in [-0.2, 0) is 4.79 Å². The smallest absolute Gasteiger partial charge is 0.331 e. The van der Waals surface area contributed by atoms with Gasteiger partial charge in [-0.05, 0) is 66.8 Å². The van der Waals surface area contributed by atoms with Gasteiger partial charge in [0.2, 0.25) is 0 Å². The molecule has 0 radical (unpaired) electrons. The number of aliphatic carboxylic acids is 1. The molecular formula is C20H32O5. The van der Waals surface area contributed by atoms with Gasteiger partial charge in [-0.15, -0.1) is 0 Å². The monoisotopic (exact) mass is 352 g/mol. The Bertz CT molecular complexity index is 552. The van der Waals surface area contributed by atoms with Crippen molar-refractivity contribution in [1.82, 2.24) is 0 Å². The summed E-state index contributed by atoms with van der Waals surface area (Å²) in [6.07, 6.45) is 7.96. The Hall–Kier alpha value is -1.17. The van der Waals surface area contributed by atoms with E-state index in [4.69, 9.17) is 5.11 Å². The first kappa shape index (κ1) is 20.1. The molecule has 0 aliphatic heterocycles. The summed E-state index contributed by atoms with van der Waals surface area (Å²) in [4.78, 5) is 11.5. The lowest BCUT2D eigenvalue weighted by atomic mass is 9.63. The first-order valence-electron chi connectivity index (χ1n) is 9.26. The lowest BCUT2D eigenvalue weighted by Gasteiger charge is -2.42. The highest BCUT2D eigenvalue weighted by atomic mass is 16.4. The van der Waals surface area contributed by atoms with Gasteiger partial charge in [-0.3, -0.25) is 0 Å². The molecule has 4 atom stereocenters. The fourth-order valence-electron chi connectivity index (χ4n) is 5.54. The van der Waals surface area contributed by atoms with Crippen molar-refractivity contribution in [2.24, 2.45) is 22.7 Å². The predicted molar refractivity (Wildman–Crippen MR) is 96.0 cm³/mol. The lowest BCUT2D eigenvalue weighted by molar-refractivity contribution is -0.133. The normalized spacial score (nSPS) is 35.9. The van der Waals surface area contributed by atoms with E-state index in [9.17, 15) is 20.1 Å². The Morgan fingerprint density at radius 2 is 2.08 bits per heavy atom. The van der Waals surface area contributed by atoms with Crippen molar-refractivity contribution < 1.29 is 25.2 Å². The summed E-state index contributed by atoms with van der Waals surface area (Å²) in [6, 6.07) is 0. The molecule has 0 aromatic carbocycles. The molecule has 0 saturated heterocycles. The van der Waals surface area contributed by atoms with Gasteiger partial charge in [0.05, 0.1) is 13.2 Å². The van der Waals surface area contributed by atoms with Gasteiger partial charge in [0.15, 0.2) is 0 Å². The summed E-state index contributed by atoms with van der Waals surface area (Å²) < 4.78 is 0. The van der Waals surface area contributed by atoms with E-state index in [1.165, 1.54) is 0 Å². The molecule has 1 fully saturated rings. The first-order valence-corrected chi connectivity index (χ1v) is 9.26. The Morgan fingerprint density at radius 3 is 2.64 bits per heavy atom. The second kappa shape index (κ2) is 8.02. The summed E-state index contributed by atoms with van der Waals surface area (Å²) >= 11 is 0. The molecule has 0 bridgehead atoms. The molecule has 0 amide bonds. The van der Waals surface area contributed by atoms with Crippen LogP contribution in [0.4, 0.5) is 0 Å². The zero-order chi connectivity index (χ0) is 18.7. The Kier molecular flexibility index (Phi) is 6.46. The summed E-state index contributed by atoms with van der Waals surface area (Å²) in [5.74, 6) is -0.290. The van der Waals surface area contributed by atoms with Crippen molar-refractivity contribution in [2.45, 2.75) is 52.4 Å². The van der Waals surface area contributed by atoms with Crippen molar-refractivity contribution in [2.75, 3.05) is 19.8 Å². The molecule has 2 aliphatic rings. The minimum atomic E-state index is -0.829. The third-order valence-electron chi connectivity index (χ3n) is 6.79. The van der Waals surface area contributed by atoms with Gasteiger partial charge in [-0.2, -0.15) is 0 Å². The Labute approximate surface area is 150 Å². The molecular weight excluding hydrogens is 320 g/mol. The molecule has 1 saturated carbocycles. The highest BCUT2D eigenvalue weighted by molar-refractivity contribution is 5.86. The van der Waals surface area contributed by atoms with Crippen LogP contribution in [0.2, 0.25) is 0 Å². The van der Waals surface area contributed by atoms with E-state index in [0.29, 0.717) is 18.4 Å². The summed E-state index contributed by atoms with van der Waals surface area (Å²) in [6.45, 7) is 4.24. The number of aliphatic hydroxyl groups excluding tert-OH is 3. The number of allylic oxidation sites excluding steroid dienone is 1. The molecule has 0 aromatic heterocycles. The van der Waals surface area contributed by atoms with Crippen molar-refractivity contribution in [1.29, 1.82) is 0 Å². The van der Waals surface area contributed by atoms with Gasteiger partial charge in [0.1, 0.15) is 0 Å². The molecule has 25 heavy (non-hydrogen) atoms. The van der Waals surface area contributed by atoms with E-state index in [1.807, 2.05) is 6.08 Å². The largest absolute Gasteiger partial charge is 0.478 e. The zero-order valence-electron chi connectivity index (χ0n) is 15.4. The summed E-state index contributed by atoms with van der Waals surface area (Å²) in [5.41, 5.74) is 0.916. The fourth-order valence-corrected chi connectivity index (χ4v) is 5.54. The number of fused-ring (bicyclic) bond motifs is 1. The van der Waals surface area contributed by atoms with Gasteiger partial charge in [-0.1, -0.05) is 26.0 Å². The molecule has 5 nitrogen and oxygen atoms in total. The number of aliphatic hydroxyl groups is 3. The number of carboxylic acid groups (broad SMARTS) is 1. The molecule has 0 unspecified atom stereocenters. The topological polar surface area (TPSA) is 98.0 Å². The van der Waals surface area contributed by atoms with E-state index in [2.05, 4.69) is 13.8 Å². The molecule has 142 valence electrons. The third kappa shape index (κ3) is 3.83. The highest BCUT2D eigenvalue weighted by Gasteiger charge is 2.58. The van der Waals surface area contributed by atoms with Crippen molar-refractivity contribution in [3.8, 4) is 0 Å². The number of carboxylic acids is 1. The van der Waals surface area contributed by atoms with Crippen LogP contribution < -0.4 is 0 Å². The van der Waals surface area contributed by atoms with E-state index in [0.717, 1.165) is 31.3 Å². The van der Waals surface area contributed by atoms with Crippen LogP contribution in [0.5, 0.6) is 0 Å². The van der Waals surface area contributed by atoms with Gasteiger partial charge in [0, 0.05) is 12.2 Å². The molecule has 0 aromatic rings. The second-order valence-electron chi connectivity index (χ2n) is 8.19. The van der Waals surface area contributed by atoms with Crippen LogP contribution in [0.25, 0.3) is 0 Å². The Morgan fingerprint density at radius 1 is 1.36 bits per heavy atom. The molecule has 0 heterocycles. The van der Waals surface area contributed by atoms with Crippen LogP contribution in [0.15, 0.2) is 23.3 Å². The first-order chi connectivity index (χ1) is 11.8. The van der Waals surface area contributed by atoms with Crippen LogP contribution in [-0.4, -0.2) is 46.2 Å². The minimum absolute atomic E-state index is 0.0780. The van der Waals surface area contributed by atoms with Crippen LogP contribution >= 0.6 is 0 Å². The zero-order valence-corrected chi connectivity index (χ0v) is 15.4. The van der Waals surface area contributed by atoms with Gasteiger partial charge < -0.3 is 20.4 Å². The SMILES string of the molecule is C[C@H]1C[C@@]2(C)CC(C(=O)O)=CCC[C@H]2[C@]1(CO)CC/C(=C/CO)CO. The number of hydrogen-bond acceptors (Lipinski definition) is 4. The molecule has 5 heteroatoms. The van der Waals surface area contributed by atoms with Crippen LogP contribution in [0, 0.1) is 22.7 Å². The predicted octanol–water partition coefficient (Wildman–Crippen LogP) is 2.51. The molecule has 0 spiro atoms. The van der Waals surface area contributed by atoms with E-state index in [-0.39, 0.29) is 42.5 Å². The van der Waals surface area contributed by atoms with Crippen molar-refractivity contribution >= 4 is 5.97 Å². The molecule has 2 rings (SSSR count). The number of hydrogen-bond donors (Lipinski definition) is 4. The fraction of sp³-hybridized carbons (Fsp3) is 0.750. The maximum Gasteiger partial charge on any atom is 0.331 e. The average molecular weight is 352 g/mol. The van der Waals surface area contributed by atoms with Crippen LogP contribution in [0.3, 0.4) is 0 Å². The highest BCUT2D eigenvalue weighted by Crippen LogP contribution is 2.63. The van der Waals surface area contributed by atoms with Crippen molar-refractivity contribution in [3.05, 3.63) is 23.3 Å². The van der Waals surface area contributed by atoms with Gasteiger partial charge in [0.25, 0.3) is 0 Å². The van der Waals surface area contributed by atoms with Crippen molar-refractivity contribution in [3.63, 3.8) is 0 Å². The maximum atomic E-state index is 11.5. The minimum Gasteiger partial charge on any atom is -0.478 e. The van der Waals surface area contributed by atoms with E-state index in [1.54, 1.807) is 6.08 Å². The number of carbonyl (C=O) groups is 1. The molecule has 4 N–H and O–H groups in total. The maximum absolute atomic E-state index is 11.5. The summed E-state index contributed by atoms with van der Waals surface area (Å²) in [7, 11) is 0. The van der Waals surface area contributed by atoms with E-state index >= 15 is 0 Å². The van der Waals surface area contributed by atoms with E-state index < -0.39 is 5.97 Å². The quantitative estimate of drug-likeness (QED) is 0.528. The van der Waals surface area contributed by atoms with Gasteiger partial charge >= 0.3 is 5.97 Å². The lowest BCUT2D eigenvalue weighted by Crippen LogP contribution is -2.39.